The van der Waals surface area contributed by atoms with Gasteiger partial charge in [-0.2, -0.15) is 0 Å². The van der Waals surface area contributed by atoms with Crippen LogP contribution in [-0.2, 0) is 9.84 Å². The molecular formula is C17H20F3NO4S. The number of benzene rings is 1. The highest BCUT2D eigenvalue weighted by Gasteiger charge is 2.43. The Kier molecular flexibility index (Phi) is 5.18. The number of hydrogen-bond acceptors (Lipinski definition) is 4. The lowest BCUT2D eigenvalue weighted by atomic mass is 10.0. The van der Waals surface area contributed by atoms with Gasteiger partial charge < -0.3 is 9.64 Å². The molecule has 1 saturated carbocycles. The van der Waals surface area contributed by atoms with Crippen molar-refractivity contribution in [3.05, 3.63) is 29.8 Å². The lowest BCUT2D eigenvalue weighted by molar-refractivity contribution is -0.274. The minimum Gasteiger partial charge on any atom is -0.406 e. The molecule has 0 atom stereocenters. The summed E-state index contributed by atoms with van der Waals surface area (Å²) in [5, 5.41) is -0.848. The lowest BCUT2D eigenvalue weighted by Crippen LogP contribution is -2.58. The molecule has 0 radical (unpaired) electrons. The van der Waals surface area contributed by atoms with Crippen LogP contribution in [0.4, 0.5) is 13.2 Å². The van der Waals surface area contributed by atoms with Crippen molar-refractivity contribution in [3.63, 3.8) is 0 Å². The SMILES string of the molecule is O=C(c1ccc(OC(F)(F)F)cc1)N1CC(S(=O)(=O)C2CCCCC2)C1. The fraction of sp³-hybridized carbons (Fsp3) is 0.588. The standard InChI is InChI=1S/C17H20F3NO4S/c18-17(19,20)25-13-8-6-12(7-9-13)16(22)21-10-15(11-21)26(23,24)14-4-2-1-3-5-14/h6-9,14-15H,1-5,10-11H2. The van der Waals surface area contributed by atoms with Gasteiger partial charge in [-0.05, 0) is 37.1 Å². The van der Waals surface area contributed by atoms with Crippen molar-refractivity contribution in [1.29, 1.82) is 0 Å². The van der Waals surface area contributed by atoms with Crippen LogP contribution >= 0.6 is 0 Å². The van der Waals surface area contributed by atoms with Gasteiger partial charge in [-0.3, -0.25) is 4.79 Å². The van der Waals surface area contributed by atoms with Crippen molar-refractivity contribution < 1.29 is 31.1 Å². The third kappa shape index (κ3) is 4.13. The number of likely N-dealkylation sites (tertiary alicyclic amines) is 1. The number of nitrogens with zero attached hydrogens (tertiary/aromatic N) is 1. The zero-order chi connectivity index (χ0) is 18.9. The van der Waals surface area contributed by atoms with Gasteiger partial charge in [0.25, 0.3) is 5.91 Å². The van der Waals surface area contributed by atoms with Gasteiger partial charge in [-0.1, -0.05) is 19.3 Å². The smallest absolute Gasteiger partial charge is 0.406 e. The van der Waals surface area contributed by atoms with Gasteiger partial charge in [0.2, 0.25) is 0 Å². The second kappa shape index (κ2) is 7.09. The third-order valence-electron chi connectivity index (χ3n) is 4.95. The Balaban J connectivity index is 1.57. The Hall–Kier alpha value is -1.77. The van der Waals surface area contributed by atoms with Crippen molar-refractivity contribution in [2.45, 2.75) is 49.0 Å². The third-order valence-corrected chi connectivity index (χ3v) is 7.58. The molecule has 1 aliphatic carbocycles. The molecule has 1 heterocycles. The summed E-state index contributed by atoms with van der Waals surface area (Å²) in [6.07, 6.45) is -0.503. The van der Waals surface area contributed by atoms with Gasteiger partial charge in [-0.15, -0.1) is 13.2 Å². The van der Waals surface area contributed by atoms with Crippen molar-refractivity contribution in [3.8, 4) is 5.75 Å². The van der Waals surface area contributed by atoms with Crippen LogP contribution in [0.3, 0.4) is 0 Å². The Labute approximate surface area is 150 Å². The molecule has 9 heteroatoms. The summed E-state index contributed by atoms with van der Waals surface area (Å²) >= 11 is 0. The first-order valence-electron chi connectivity index (χ1n) is 8.54. The summed E-state index contributed by atoms with van der Waals surface area (Å²) < 4.78 is 65.4. The summed E-state index contributed by atoms with van der Waals surface area (Å²) in [6.45, 7) is 0.275. The van der Waals surface area contributed by atoms with Gasteiger partial charge >= 0.3 is 6.36 Å². The van der Waals surface area contributed by atoms with E-state index in [0.29, 0.717) is 12.8 Å². The molecule has 0 N–H and O–H groups in total. The molecule has 1 aromatic carbocycles. The van der Waals surface area contributed by atoms with Gasteiger partial charge in [-0.25, -0.2) is 8.42 Å². The monoisotopic (exact) mass is 391 g/mol. The molecule has 0 bridgehead atoms. The molecule has 1 aromatic rings. The molecule has 2 aliphatic rings. The van der Waals surface area contributed by atoms with Crippen LogP contribution in [0, 0.1) is 0 Å². The number of halogens is 3. The van der Waals surface area contributed by atoms with Crippen LogP contribution in [0.2, 0.25) is 0 Å². The number of carbonyl (C=O) groups excluding carboxylic acids is 1. The predicted molar refractivity (Wildman–Crippen MR) is 88.6 cm³/mol. The number of hydrogen-bond donors (Lipinski definition) is 0. The highest BCUT2D eigenvalue weighted by atomic mass is 32.2. The van der Waals surface area contributed by atoms with Crippen molar-refractivity contribution in [2.24, 2.45) is 0 Å². The maximum absolute atomic E-state index is 12.6. The Morgan fingerprint density at radius 1 is 1.00 bits per heavy atom. The average Bonchev–Trinajstić information content (AvgIpc) is 2.53. The van der Waals surface area contributed by atoms with E-state index >= 15 is 0 Å². The van der Waals surface area contributed by atoms with Crippen LogP contribution in [-0.4, -0.2) is 49.2 Å². The Bertz CT molecular complexity index is 749. The van der Waals surface area contributed by atoms with E-state index < -0.39 is 33.1 Å². The summed E-state index contributed by atoms with van der Waals surface area (Å²) in [5.74, 6) is -0.797. The number of sulfone groups is 1. The molecule has 144 valence electrons. The predicted octanol–water partition coefficient (Wildman–Crippen LogP) is 3.16. The van der Waals surface area contributed by atoms with Crippen molar-refractivity contribution in [2.75, 3.05) is 13.1 Å². The number of carbonyl (C=O) groups is 1. The molecule has 1 saturated heterocycles. The number of ether oxygens (including phenoxy) is 1. The molecule has 0 spiro atoms. The van der Waals surface area contributed by atoms with Gasteiger partial charge in [0.05, 0.1) is 10.5 Å². The Morgan fingerprint density at radius 3 is 2.12 bits per heavy atom. The van der Waals surface area contributed by atoms with Crippen LogP contribution in [0.1, 0.15) is 42.5 Å². The first kappa shape index (κ1) is 19.0. The van der Waals surface area contributed by atoms with E-state index in [1.165, 1.54) is 17.0 Å². The molecular weight excluding hydrogens is 371 g/mol. The zero-order valence-electron chi connectivity index (χ0n) is 14.0. The van der Waals surface area contributed by atoms with Gasteiger partial charge in [0, 0.05) is 18.7 Å². The van der Waals surface area contributed by atoms with E-state index in [1.54, 1.807) is 0 Å². The second-order valence-corrected chi connectivity index (χ2v) is 9.26. The first-order valence-corrected chi connectivity index (χ1v) is 10.2. The summed E-state index contributed by atoms with van der Waals surface area (Å²) in [5.41, 5.74) is 0.202. The molecule has 3 rings (SSSR count). The van der Waals surface area contributed by atoms with Gasteiger partial charge in [0.15, 0.2) is 9.84 Å². The fourth-order valence-corrected chi connectivity index (χ4v) is 5.77. The summed E-state index contributed by atoms with van der Waals surface area (Å²) in [6, 6.07) is 4.62. The Morgan fingerprint density at radius 2 is 1.58 bits per heavy atom. The van der Waals surface area contributed by atoms with E-state index in [2.05, 4.69) is 4.74 Å². The highest BCUT2D eigenvalue weighted by Crippen LogP contribution is 2.30. The van der Waals surface area contributed by atoms with Crippen molar-refractivity contribution >= 4 is 15.7 Å². The average molecular weight is 391 g/mol. The molecule has 0 unspecified atom stereocenters. The van der Waals surface area contributed by atoms with Crippen LogP contribution < -0.4 is 4.74 Å². The largest absolute Gasteiger partial charge is 0.573 e. The van der Waals surface area contributed by atoms with Gasteiger partial charge in [0.1, 0.15) is 5.75 Å². The van der Waals surface area contributed by atoms with Crippen LogP contribution in [0.25, 0.3) is 0 Å². The maximum atomic E-state index is 12.6. The zero-order valence-corrected chi connectivity index (χ0v) is 14.9. The first-order chi connectivity index (χ1) is 12.2. The van der Waals surface area contributed by atoms with E-state index in [9.17, 15) is 26.4 Å². The fourth-order valence-electron chi connectivity index (χ4n) is 3.46. The maximum Gasteiger partial charge on any atom is 0.573 e. The molecule has 5 nitrogen and oxygen atoms in total. The molecule has 26 heavy (non-hydrogen) atoms. The minimum atomic E-state index is -4.79. The highest BCUT2D eigenvalue weighted by molar-refractivity contribution is 7.92. The summed E-state index contributed by atoms with van der Waals surface area (Å²) in [4.78, 5) is 13.7. The van der Waals surface area contributed by atoms with Crippen LogP contribution in [0.15, 0.2) is 24.3 Å². The summed E-state index contributed by atoms with van der Waals surface area (Å²) in [7, 11) is -3.24. The quantitative estimate of drug-likeness (QED) is 0.791. The lowest BCUT2D eigenvalue weighted by Gasteiger charge is -2.40. The van der Waals surface area contributed by atoms with E-state index in [4.69, 9.17) is 0 Å². The number of alkyl halides is 3. The van der Waals surface area contributed by atoms with Crippen LogP contribution in [0.5, 0.6) is 5.75 Å². The van der Waals surface area contributed by atoms with Crippen molar-refractivity contribution in [1.82, 2.24) is 4.90 Å². The second-order valence-electron chi connectivity index (χ2n) is 6.75. The minimum absolute atomic E-state index is 0.137. The van der Waals surface area contributed by atoms with E-state index in [-0.39, 0.29) is 23.9 Å². The number of rotatable bonds is 4. The molecule has 0 aromatic heterocycles. The van der Waals surface area contributed by atoms with E-state index in [1.807, 2.05) is 0 Å². The topological polar surface area (TPSA) is 63.7 Å². The molecule has 1 amide bonds. The number of amides is 1. The molecule has 2 fully saturated rings. The normalized spacial score (nSPS) is 19.9. The van der Waals surface area contributed by atoms with E-state index in [0.717, 1.165) is 31.4 Å². The molecule has 1 aliphatic heterocycles.